The van der Waals surface area contributed by atoms with E-state index in [1.165, 1.54) is 12.1 Å². The molecule has 0 N–H and O–H groups in total. The van der Waals surface area contributed by atoms with Crippen molar-refractivity contribution < 1.29 is 18.0 Å². The van der Waals surface area contributed by atoms with Crippen molar-refractivity contribution in [2.75, 3.05) is 21.5 Å². The highest BCUT2D eigenvalue weighted by Crippen LogP contribution is 2.32. The average molecular weight is 398 g/mol. The Balaban J connectivity index is 1.63. The molecule has 7 heteroatoms. The fourth-order valence-electron chi connectivity index (χ4n) is 3.97. The highest BCUT2D eigenvalue weighted by molar-refractivity contribution is 7.94. The second kappa shape index (κ2) is 6.74. The fraction of sp³-hybridized carbons (Fsp3) is 0.333. The van der Waals surface area contributed by atoms with Gasteiger partial charge in [0.05, 0.1) is 17.4 Å². The molecule has 0 bridgehead atoms. The Morgan fingerprint density at radius 2 is 1.71 bits per heavy atom. The number of benzene rings is 2. The number of rotatable bonds is 2. The lowest BCUT2D eigenvalue weighted by Crippen LogP contribution is -2.39. The van der Waals surface area contributed by atoms with Gasteiger partial charge < -0.3 is 4.90 Å². The van der Waals surface area contributed by atoms with Gasteiger partial charge in [0, 0.05) is 17.8 Å². The lowest BCUT2D eigenvalue weighted by molar-refractivity contribution is -0.119. The summed E-state index contributed by atoms with van der Waals surface area (Å²) in [6.45, 7) is 4.35. The van der Waals surface area contributed by atoms with Crippen molar-refractivity contribution >= 4 is 33.2 Å². The number of fused-ring (bicyclic) bond motifs is 1. The number of para-hydroxylation sites is 1. The van der Waals surface area contributed by atoms with Gasteiger partial charge in [0.1, 0.15) is 0 Å². The maximum absolute atomic E-state index is 13.1. The summed E-state index contributed by atoms with van der Waals surface area (Å²) < 4.78 is 25.4. The van der Waals surface area contributed by atoms with E-state index in [0.29, 0.717) is 18.0 Å². The predicted octanol–water partition coefficient (Wildman–Crippen LogP) is 2.84. The molecule has 0 radical (unpaired) electrons. The van der Waals surface area contributed by atoms with Gasteiger partial charge >= 0.3 is 0 Å². The van der Waals surface area contributed by atoms with Crippen molar-refractivity contribution in [3.05, 3.63) is 59.7 Å². The van der Waals surface area contributed by atoms with Gasteiger partial charge in [-0.1, -0.05) is 32.0 Å². The summed E-state index contributed by atoms with van der Waals surface area (Å²) in [6, 6.07) is 14.1. The smallest absolute Gasteiger partial charge is 0.258 e. The van der Waals surface area contributed by atoms with E-state index in [9.17, 15) is 18.0 Å². The molecule has 2 heterocycles. The van der Waals surface area contributed by atoms with Gasteiger partial charge in [-0.2, -0.15) is 0 Å². The predicted molar refractivity (Wildman–Crippen MR) is 108 cm³/mol. The molecular weight excluding hydrogens is 376 g/mol. The van der Waals surface area contributed by atoms with Crippen LogP contribution in [0.3, 0.4) is 0 Å². The van der Waals surface area contributed by atoms with Crippen LogP contribution in [0.1, 0.15) is 29.8 Å². The molecule has 2 amide bonds. The minimum absolute atomic E-state index is 0.130. The van der Waals surface area contributed by atoms with Crippen molar-refractivity contribution in [1.82, 2.24) is 0 Å². The minimum atomic E-state index is -3.65. The molecule has 0 aromatic heterocycles. The van der Waals surface area contributed by atoms with Crippen molar-refractivity contribution in [2.45, 2.75) is 20.3 Å². The summed E-state index contributed by atoms with van der Waals surface area (Å²) in [4.78, 5) is 27.1. The number of nitrogens with zero attached hydrogens (tertiary/aromatic N) is 2. The summed E-state index contributed by atoms with van der Waals surface area (Å²) in [5, 5.41) is 0. The SMILES string of the molecule is CC1Cc2ccccc2N(C(=O)c2ccc(N3C(=O)C(C)CS3(=O)=O)cc2)C1. The largest absolute Gasteiger partial charge is 0.308 e. The van der Waals surface area contributed by atoms with E-state index >= 15 is 0 Å². The van der Waals surface area contributed by atoms with Crippen molar-refractivity contribution in [3.63, 3.8) is 0 Å². The van der Waals surface area contributed by atoms with Crippen LogP contribution in [0.25, 0.3) is 0 Å². The normalized spacial score (nSPS) is 23.6. The summed E-state index contributed by atoms with van der Waals surface area (Å²) in [7, 11) is -3.65. The van der Waals surface area contributed by atoms with Gasteiger partial charge in [0.2, 0.25) is 15.9 Å². The topological polar surface area (TPSA) is 74.8 Å². The first kappa shape index (κ1) is 18.7. The first-order chi connectivity index (χ1) is 13.3. The Labute approximate surface area is 164 Å². The number of anilines is 2. The average Bonchev–Trinajstić information content (AvgIpc) is 2.87. The third-order valence-corrected chi connectivity index (χ3v) is 7.17. The third-order valence-electron chi connectivity index (χ3n) is 5.30. The Hall–Kier alpha value is -2.67. The molecule has 146 valence electrons. The molecule has 2 aliphatic heterocycles. The lowest BCUT2D eigenvalue weighted by atomic mass is 9.93. The summed E-state index contributed by atoms with van der Waals surface area (Å²) >= 11 is 0. The van der Waals surface area contributed by atoms with Gasteiger partial charge in [0.25, 0.3) is 5.91 Å². The first-order valence-corrected chi connectivity index (χ1v) is 11.0. The maximum Gasteiger partial charge on any atom is 0.258 e. The Kier molecular flexibility index (Phi) is 4.50. The Morgan fingerprint density at radius 1 is 1.04 bits per heavy atom. The molecule has 1 saturated heterocycles. The number of hydrogen-bond acceptors (Lipinski definition) is 4. The minimum Gasteiger partial charge on any atom is -0.308 e. The Bertz CT molecular complexity index is 1050. The van der Waals surface area contributed by atoms with E-state index in [0.717, 1.165) is 22.0 Å². The van der Waals surface area contributed by atoms with E-state index in [1.54, 1.807) is 24.0 Å². The van der Waals surface area contributed by atoms with E-state index in [1.807, 2.05) is 24.3 Å². The zero-order valence-electron chi connectivity index (χ0n) is 15.8. The van der Waals surface area contributed by atoms with Crippen LogP contribution in [0.5, 0.6) is 0 Å². The molecule has 1 fully saturated rings. The molecule has 2 aliphatic rings. The molecule has 0 saturated carbocycles. The van der Waals surface area contributed by atoms with Gasteiger partial charge in [-0.15, -0.1) is 0 Å². The van der Waals surface area contributed by atoms with E-state index in [4.69, 9.17) is 0 Å². The summed E-state index contributed by atoms with van der Waals surface area (Å²) in [6.07, 6.45) is 0.937. The molecule has 0 aliphatic carbocycles. The van der Waals surface area contributed by atoms with Crippen LogP contribution in [0.4, 0.5) is 11.4 Å². The number of amides is 2. The van der Waals surface area contributed by atoms with Crippen LogP contribution >= 0.6 is 0 Å². The number of carbonyl (C=O) groups is 2. The zero-order valence-corrected chi connectivity index (χ0v) is 16.6. The molecule has 6 nitrogen and oxygen atoms in total. The van der Waals surface area contributed by atoms with Gasteiger partial charge in [-0.05, 0) is 48.2 Å². The quantitative estimate of drug-likeness (QED) is 0.780. The molecule has 28 heavy (non-hydrogen) atoms. The molecule has 2 unspecified atom stereocenters. The second-order valence-corrected chi connectivity index (χ2v) is 9.55. The highest BCUT2D eigenvalue weighted by Gasteiger charge is 2.42. The van der Waals surface area contributed by atoms with Gasteiger partial charge in [0.15, 0.2) is 0 Å². The maximum atomic E-state index is 13.1. The van der Waals surface area contributed by atoms with Crippen LogP contribution in [-0.2, 0) is 21.2 Å². The second-order valence-electron chi connectivity index (χ2n) is 7.68. The van der Waals surface area contributed by atoms with Crippen LogP contribution in [0, 0.1) is 11.8 Å². The molecule has 2 aromatic rings. The lowest BCUT2D eigenvalue weighted by Gasteiger charge is -2.33. The molecule has 2 aromatic carbocycles. The van der Waals surface area contributed by atoms with Crippen LogP contribution < -0.4 is 9.21 Å². The highest BCUT2D eigenvalue weighted by atomic mass is 32.2. The van der Waals surface area contributed by atoms with Crippen LogP contribution in [0.15, 0.2) is 48.5 Å². The Morgan fingerprint density at radius 3 is 2.36 bits per heavy atom. The van der Waals surface area contributed by atoms with E-state index in [2.05, 4.69) is 6.92 Å². The molecule has 4 rings (SSSR count). The van der Waals surface area contributed by atoms with Crippen molar-refractivity contribution in [2.24, 2.45) is 11.8 Å². The standard InChI is InChI=1S/C21H22N2O4S/c1-14-11-17-5-3-4-6-19(17)22(12-14)21(25)16-7-9-18(10-8-16)23-20(24)15(2)13-28(23,26)27/h3-10,14-15H,11-13H2,1-2H3. The number of hydrogen-bond donors (Lipinski definition) is 0. The molecule has 0 spiro atoms. The van der Waals surface area contributed by atoms with Gasteiger partial charge in [-0.3, -0.25) is 9.59 Å². The third kappa shape index (κ3) is 3.09. The summed E-state index contributed by atoms with van der Waals surface area (Å²) in [5.74, 6) is -0.952. The fourth-order valence-corrected chi connectivity index (χ4v) is 5.79. The van der Waals surface area contributed by atoms with E-state index < -0.39 is 21.8 Å². The van der Waals surface area contributed by atoms with Gasteiger partial charge in [-0.25, -0.2) is 12.7 Å². The number of sulfonamides is 1. The van der Waals surface area contributed by atoms with Crippen LogP contribution in [0.2, 0.25) is 0 Å². The van der Waals surface area contributed by atoms with Crippen molar-refractivity contribution in [1.29, 1.82) is 0 Å². The van der Waals surface area contributed by atoms with Crippen LogP contribution in [-0.4, -0.2) is 32.5 Å². The molecular formula is C21H22N2O4S. The van der Waals surface area contributed by atoms with Crippen molar-refractivity contribution in [3.8, 4) is 0 Å². The molecule has 2 atom stereocenters. The monoisotopic (exact) mass is 398 g/mol. The zero-order chi connectivity index (χ0) is 20.1. The first-order valence-electron chi connectivity index (χ1n) is 9.34. The summed E-state index contributed by atoms with van der Waals surface area (Å²) in [5.41, 5.74) is 2.80. The number of carbonyl (C=O) groups excluding carboxylic acids is 2. The van der Waals surface area contributed by atoms with E-state index in [-0.39, 0.29) is 17.3 Å².